The first-order valence-corrected chi connectivity index (χ1v) is 6.83. The molecule has 3 heteroatoms. The van der Waals surface area contributed by atoms with Gasteiger partial charge < -0.3 is 9.40 Å². The number of fused-ring (bicyclic) bond motifs is 2. The van der Waals surface area contributed by atoms with Gasteiger partial charge in [-0.15, -0.1) is 0 Å². The topological polar surface area (TPSA) is 46.0 Å². The minimum atomic E-state index is -0.327. The molecule has 0 aliphatic heterocycles. The van der Waals surface area contributed by atoms with Crippen molar-refractivity contribution in [1.82, 2.24) is 4.98 Å². The third-order valence-corrected chi connectivity index (χ3v) is 3.78. The lowest BCUT2D eigenvalue weighted by Gasteiger charge is -2.05. The molecule has 0 aliphatic rings. The van der Waals surface area contributed by atoms with Crippen LogP contribution < -0.4 is 5.63 Å². The molecule has 0 spiro atoms. The fourth-order valence-electron chi connectivity index (χ4n) is 2.79. The van der Waals surface area contributed by atoms with Crippen LogP contribution in [0.5, 0.6) is 0 Å². The molecular weight excluding hydrogens is 262 g/mol. The van der Waals surface area contributed by atoms with Crippen LogP contribution in [0.3, 0.4) is 0 Å². The molecule has 102 valence electrons. The van der Waals surface area contributed by atoms with Crippen LogP contribution in [-0.4, -0.2) is 4.98 Å². The molecule has 2 aromatic carbocycles. The van der Waals surface area contributed by atoms with E-state index in [4.69, 9.17) is 4.42 Å². The summed E-state index contributed by atoms with van der Waals surface area (Å²) in [5.74, 6) is 0. The van der Waals surface area contributed by atoms with Crippen LogP contribution in [0, 0.1) is 6.92 Å². The molecule has 4 rings (SSSR count). The first kappa shape index (κ1) is 12.0. The predicted octanol–water partition coefficient (Wildman–Crippen LogP) is 4.25. The molecule has 2 heterocycles. The van der Waals surface area contributed by atoms with E-state index in [1.807, 2.05) is 43.5 Å². The molecule has 0 bridgehead atoms. The summed E-state index contributed by atoms with van der Waals surface area (Å²) in [5.41, 5.74) is 4.41. The van der Waals surface area contributed by atoms with Gasteiger partial charge in [0, 0.05) is 39.7 Å². The number of aromatic nitrogens is 1. The van der Waals surface area contributed by atoms with Gasteiger partial charge in [0.05, 0.1) is 0 Å². The van der Waals surface area contributed by atoms with Gasteiger partial charge in [-0.1, -0.05) is 29.8 Å². The van der Waals surface area contributed by atoms with Crippen molar-refractivity contribution < 1.29 is 4.42 Å². The van der Waals surface area contributed by atoms with Crippen LogP contribution in [0.4, 0.5) is 0 Å². The summed E-state index contributed by atoms with van der Waals surface area (Å²) in [4.78, 5) is 15.1. The summed E-state index contributed by atoms with van der Waals surface area (Å²) in [6.07, 6.45) is 1.95. The first-order chi connectivity index (χ1) is 10.2. The Morgan fingerprint density at radius 1 is 0.952 bits per heavy atom. The lowest BCUT2D eigenvalue weighted by Crippen LogP contribution is -1.98. The summed E-state index contributed by atoms with van der Waals surface area (Å²) in [6, 6.07) is 15.5. The second-order valence-corrected chi connectivity index (χ2v) is 5.23. The largest absolute Gasteiger partial charge is 0.423 e. The molecule has 4 aromatic rings. The van der Waals surface area contributed by atoms with Crippen molar-refractivity contribution in [2.24, 2.45) is 0 Å². The smallest absolute Gasteiger partial charge is 0.336 e. The lowest BCUT2D eigenvalue weighted by atomic mass is 10.0. The van der Waals surface area contributed by atoms with Gasteiger partial charge in [0.25, 0.3) is 0 Å². The second-order valence-electron chi connectivity index (χ2n) is 5.23. The normalized spacial score (nSPS) is 11.3. The van der Waals surface area contributed by atoms with Crippen molar-refractivity contribution in [1.29, 1.82) is 0 Å². The van der Waals surface area contributed by atoms with Crippen molar-refractivity contribution >= 4 is 21.9 Å². The Morgan fingerprint density at radius 2 is 1.81 bits per heavy atom. The molecular formula is C18H13NO2. The first-order valence-electron chi connectivity index (χ1n) is 6.83. The van der Waals surface area contributed by atoms with Crippen molar-refractivity contribution in [3.63, 3.8) is 0 Å². The number of H-pyrrole nitrogens is 1. The highest BCUT2D eigenvalue weighted by Crippen LogP contribution is 2.33. The minimum Gasteiger partial charge on any atom is -0.423 e. The van der Waals surface area contributed by atoms with Crippen LogP contribution >= 0.6 is 0 Å². The highest BCUT2D eigenvalue weighted by atomic mass is 16.4. The zero-order valence-electron chi connectivity index (χ0n) is 11.5. The third-order valence-electron chi connectivity index (χ3n) is 3.78. The SMILES string of the molecule is Cc1ccc2oc(=O)cc(-c3c[nH]c4ccccc34)c2c1. The van der Waals surface area contributed by atoms with Crippen molar-refractivity contribution in [3.8, 4) is 11.1 Å². The predicted molar refractivity (Wildman–Crippen MR) is 84.5 cm³/mol. The number of hydrogen-bond acceptors (Lipinski definition) is 2. The van der Waals surface area contributed by atoms with Crippen LogP contribution in [0.2, 0.25) is 0 Å². The molecule has 0 aliphatic carbocycles. The van der Waals surface area contributed by atoms with Gasteiger partial charge >= 0.3 is 5.63 Å². The number of aromatic amines is 1. The highest BCUT2D eigenvalue weighted by Gasteiger charge is 2.11. The summed E-state index contributed by atoms with van der Waals surface area (Å²) >= 11 is 0. The van der Waals surface area contributed by atoms with Gasteiger partial charge in [0.15, 0.2) is 0 Å². The Balaban J connectivity index is 2.14. The summed E-state index contributed by atoms with van der Waals surface area (Å²) in [6.45, 7) is 2.03. The van der Waals surface area contributed by atoms with Crippen LogP contribution in [0.1, 0.15) is 5.56 Å². The summed E-state index contributed by atoms with van der Waals surface area (Å²) in [7, 11) is 0. The molecule has 0 saturated carbocycles. The minimum absolute atomic E-state index is 0.327. The Labute approximate surface area is 120 Å². The van der Waals surface area contributed by atoms with Gasteiger partial charge in [-0.3, -0.25) is 0 Å². The fraction of sp³-hybridized carbons (Fsp3) is 0.0556. The molecule has 0 fully saturated rings. The Morgan fingerprint density at radius 3 is 2.71 bits per heavy atom. The summed E-state index contributed by atoms with van der Waals surface area (Å²) in [5, 5.41) is 2.06. The van der Waals surface area contributed by atoms with E-state index in [0.29, 0.717) is 5.58 Å². The number of nitrogens with one attached hydrogen (secondary N) is 1. The van der Waals surface area contributed by atoms with E-state index in [9.17, 15) is 4.79 Å². The van der Waals surface area contributed by atoms with Gasteiger partial charge in [-0.05, 0) is 25.1 Å². The van der Waals surface area contributed by atoms with Crippen molar-refractivity contribution in [2.45, 2.75) is 6.92 Å². The Hall–Kier alpha value is -2.81. The zero-order chi connectivity index (χ0) is 14.4. The number of rotatable bonds is 1. The lowest BCUT2D eigenvalue weighted by molar-refractivity contribution is 0.561. The number of aryl methyl sites for hydroxylation is 1. The van der Waals surface area contributed by atoms with Crippen LogP contribution in [0.25, 0.3) is 33.0 Å². The molecule has 1 N–H and O–H groups in total. The van der Waals surface area contributed by atoms with E-state index in [0.717, 1.165) is 33.0 Å². The van der Waals surface area contributed by atoms with Crippen LogP contribution in [0.15, 0.2) is 63.9 Å². The van der Waals surface area contributed by atoms with E-state index in [1.54, 1.807) is 6.07 Å². The Kier molecular flexibility index (Phi) is 2.48. The van der Waals surface area contributed by atoms with Gasteiger partial charge in [-0.2, -0.15) is 0 Å². The standard InChI is InChI=1S/C18H13NO2/c1-11-6-7-17-14(8-11)13(9-18(20)21-17)15-10-19-16-5-3-2-4-12(15)16/h2-10,19H,1H3. The van der Waals surface area contributed by atoms with Gasteiger partial charge in [-0.25, -0.2) is 4.79 Å². The zero-order valence-corrected chi connectivity index (χ0v) is 11.5. The maximum Gasteiger partial charge on any atom is 0.336 e. The molecule has 0 unspecified atom stereocenters. The van der Waals surface area contributed by atoms with E-state index in [2.05, 4.69) is 17.1 Å². The second kappa shape index (κ2) is 4.35. The molecule has 0 atom stereocenters. The van der Waals surface area contributed by atoms with Crippen LogP contribution in [-0.2, 0) is 0 Å². The van der Waals surface area contributed by atoms with E-state index in [-0.39, 0.29) is 5.63 Å². The van der Waals surface area contributed by atoms with E-state index >= 15 is 0 Å². The van der Waals surface area contributed by atoms with Crippen molar-refractivity contribution in [3.05, 3.63) is 70.7 Å². The van der Waals surface area contributed by atoms with E-state index in [1.165, 1.54) is 0 Å². The fourth-order valence-corrected chi connectivity index (χ4v) is 2.79. The Bertz CT molecular complexity index is 1020. The summed E-state index contributed by atoms with van der Waals surface area (Å²) < 4.78 is 5.30. The third kappa shape index (κ3) is 1.86. The number of para-hydroxylation sites is 1. The van der Waals surface area contributed by atoms with Gasteiger partial charge in [0.2, 0.25) is 0 Å². The van der Waals surface area contributed by atoms with Crippen molar-refractivity contribution in [2.75, 3.05) is 0 Å². The molecule has 2 aromatic heterocycles. The highest BCUT2D eigenvalue weighted by molar-refractivity contribution is 6.03. The monoisotopic (exact) mass is 275 g/mol. The van der Waals surface area contributed by atoms with E-state index < -0.39 is 0 Å². The maximum atomic E-state index is 11.8. The molecule has 0 amide bonds. The maximum absolute atomic E-state index is 11.8. The average molecular weight is 275 g/mol. The van der Waals surface area contributed by atoms with Gasteiger partial charge in [0.1, 0.15) is 5.58 Å². The molecule has 3 nitrogen and oxygen atoms in total. The molecule has 0 radical (unpaired) electrons. The number of hydrogen-bond donors (Lipinski definition) is 1. The average Bonchev–Trinajstić information content (AvgIpc) is 2.91. The number of benzene rings is 2. The quantitative estimate of drug-likeness (QED) is 0.528. The molecule has 21 heavy (non-hydrogen) atoms. The molecule has 0 saturated heterocycles.